The number of anilines is 1. The number of rotatable bonds is 8. The number of amides is 1. The SMILES string of the molecule is CCN(CC)c1cccc(OCCn2ccc3ccc(C(=O)NO)cc3c2=O)c1. The third-order valence-corrected chi connectivity index (χ3v) is 4.89. The van der Waals surface area contributed by atoms with E-state index in [0.717, 1.165) is 29.9 Å². The predicted molar refractivity (Wildman–Crippen MR) is 113 cm³/mol. The monoisotopic (exact) mass is 395 g/mol. The Kier molecular flexibility index (Phi) is 6.51. The smallest absolute Gasteiger partial charge is 0.274 e. The Morgan fingerprint density at radius 2 is 1.93 bits per heavy atom. The maximum Gasteiger partial charge on any atom is 0.274 e. The Morgan fingerprint density at radius 1 is 1.14 bits per heavy atom. The van der Waals surface area contributed by atoms with Crippen LogP contribution in [0.4, 0.5) is 5.69 Å². The molecule has 3 aromatic rings. The number of fused-ring (bicyclic) bond motifs is 1. The molecule has 0 atom stereocenters. The highest BCUT2D eigenvalue weighted by atomic mass is 16.5. The largest absolute Gasteiger partial charge is 0.492 e. The lowest BCUT2D eigenvalue weighted by atomic mass is 10.1. The molecule has 0 aliphatic carbocycles. The first kappa shape index (κ1) is 20.4. The number of nitrogens with one attached hydrogen (secondary N) is 1. The van der Waals surface area contributed by atoms with E-state index in [4.69, 9.17) is 9.94 Å². The first-order valence-electron chi connectivity index (χ1n) is 9.62. The van der Waals surface area contributed by atoms with Gasteiger partial charge in [-0.15, -0.1) is 0 Å². The number of hydrogen-bond acceptors (Lipinski definition) is 5. The van der Waals surface area contributed by atoms with Crippen molar-refractivity contribution in [3.8, 4) is 5.75 Å². The van der Waals surface area contributed by atoms with Gasteiger partial charge in [-0.1, -0.05) is 12.1 Å². The lowest BCUT2D eigenvalue weighted by Crippen LogP contribution is -2.24. The molecule has 2 N–H and O–H groups in total. The Hall–Kier alpha value is -3.32. The molecule has 3 rings (SSSR count). The van der Waals surface area contributed by atoms with Crippen LogP contribution in [-0.4, -0.2) is 35.4 Å². The van der Waals surface area contributed by atoms with E-state index in [1.807, 2.05) is 30.3 Å². The predicted octanol–water partition coefficient (Wildman–Crippen LogP) is 3.05. The fraction of sp³-hybridized carbons (Fsp3) is 0.273. The molecule has 1 heterocycles. The van der Waals surface area contributed by atoms with Gasteiger partial charge in [0, 0.05) is 42.0 Å². The van der Waals surface area contributed by atoms with Gasteiger partial charge in [0.25, 0.3) is 11.5 Å². The topological polar surface area (TPSA) is 83.8 Å². The molecule has 1 amide bonds. The molecule has 0 radical (unpaired) electrons. The van der Waals surface area contributed by atoms with Crippen LogP contribution in [0.15, 0.2) is 59.5 Å². The summed E-state index contributed by atoms with van der Waals surface area (Å²) in [4.78, 5) is 26.6. The number of carbonyl (C=O) groups excluding carboxylic acids is 1. The Labute approximate surface area is 169 Å². The van der Waals surface area contributed by atoms with Crippen LogP contribution in [0, 0.1) is 0 Å². The maximum atomic E-state index is 12.8. The van der Waals surface area contributed by atoms with Crippen LogP contribution in [-0.2, 0) is 6.54 Å². The number of nitrogens with zero attached hydrogens (tertiary/aromatic N) is 2. The van der Waals surface area contributed by atoms with Crippen LogP contribution in [0.1, 0.15) is 24.2 Å². The van der Waals surface area contributed by atoms with Crippen molar-refractivity contribution in [3.63, 3.8) is 0 Å². The zero-order chi connectivity index (χ0) is 20.8. The van der Waals surface area contributed by atoms with Crippen LogP contribution in [0.3, 0.4) is 0 Å². The van der Waals surface area contributed by atoms with Gasteiger partial charge in [-0.25, -0.2) is 5.48 Å². The molecule has 0 unspecified atom stereocenters. The van der Waals surface area contributed by atoms with E-state index in [9.17, 15) is 9.59 Å². The van der Waals surface area contributed by atoms with Gasteiger partial charge in [-0.2, -0.15) is 0 Å². The number of ether oxygens (including phenoxy) is 1. The lowest BCUT2D eigenvalue weighted by molar-refractivity contribution is 0.0706. The van der Waals surface area contributed by atoms with E-state index in [-0.39, 0.29) is 11.1 Å². The average Bonchev–Trinajstić information content (AvgIpc) is 2.76. The second kappa shape index (κ2) is 9.25. The fourth-order valence-corrected chi connectivity index (χ4v) is 3.28. The summed E-state index contributed by atoms with van der Waals surface area (Å²) in [5.41, 5.74) is 2.69. The van der Waals surface area contributed by atoms with Gasteiger partial charge >= 0.3 is 0 Å². The maximum absolute atomic E-state index is 12.8. The van der Waals surface area contributed by atoms with Crippen LogP contribution >= 0.6 is 0 Å². The molecule has 0 aliphatic rings. The molecule has 0 saturated heterocycles. The van der Waals surface area contributed by atoms with Crippen molar-refractivity contribution in [2.75, 3.05) is 24.6 Å². The number of hydroxylamine groups is 1. The van der Waals surface area contributed by atoms with E-state index >= 15 is 0 Å². The second-order valence-electron chi connectivity index (χ2n) is 6.58. The summed E-state index contributed by atoms with van der Waals surface area (Å²) in [7, 11) is 0. The van der Waals surface area contributed by atoms with E-state index in [1.54, 1.807) is 28.4 Å². The van der Waals surface area contributed by atoms with Gasteiger partial charge in [-0.05, 0) is 49.6 Å². The van der Waals surface area contributed by atoms with E-state index < -0.39 is 5.91 Å². The molecular weight excluding hydrogens is 370 g/mol. The van der Waals surface area contributed by atoms with Gasteiger partial charge in [-0.3, -0.25) is 14.8 Å². The zero-order valence-corrected chi connectivity index (χ0v) is 16.6. The minimum Gasteiger partial charge on any atom is -0.492 e. The average molecular weight is 395 g/mol. The van der Waals surface area contributed by atoms with Crippen molar-refractivity contribution < 1.29 is 14.7 Å². The molecular formula is C22H25N3O4. The molecule has 7 nitrogen and oxygen atoms in total. The minimum atomic E-state index is -0.655. The third-order valence-electron chi connectivity index (χ3n) is 4.89. The molecule has 7 heteroatoms. The van der Waals surface area contributed by atoms with Crippen molar-refractivity contribution >= 4 is 22.4 Å². The van der Waals surface area contributed by atoms with Crippen LogP contribution in [0.25, 0.3) is 10.8 Å². The van der Waals surface area contributed by atoms with Crippen LogP contribution < -0.4 is 20.7 Å². The number of benzene rings is 2. The summed E-state index contributed by atoms with van der Waals surface area (Å²) >= 11 is 0. The molecule has 0 spiro atoms. The van der Waals surface area contributed by atoms with Crippen molar-refractivity contribution in [2.24, 2.45) is 0 Å². The molecule has 152 valence electrons. The lowest BCUT2D eigenvalue weighted by Gasteiger charge is -2.21. The van der Waals surface area contributed by atoms with Crippen molar-refractivity contribution in [2.45, 2.75) is 20.4 Å². The number of pyridine rings is 1. The Balaban J connectivity index is 1.74. The van der Waals surface area contributed by atoms with E-state index in [1.165, 1.54) is 6.07 Å². The van der Waals surface area contributed by atoms with Gasteiger partial charge in [0.05, 0.1) is 6.54 Å². The van der Waals surface area contributed by atoms with Crippen LogP contribution in [0.5, 0.6) is 5.75 Å². The molecule has 0 aliphatic heterocycles. The van der Waals surface area contributed by atoms with Gasteiger partial charge < -0.3 is 14.2 Å². The van der Waals surface area contributed by atoms with Gasteiger partial charge in [0.1, 0.15) is 12.4 Å². The minimum absolute atomic E-state index is 0.212. The van der Waals surface area contributed by atoms with Crippen molar-refractivity contribution in [3.05, 3.63) is 70.6 Å². The quantitative estimate of drug-likeness (QED) is 0.452. The zero-order valence-electron chi connectivity index (χ0n) is 16.6. The standard InChI is InChI=1S/C22H25N3O4/c1-3-24(4-2)18-6-5-7-19(15-18)29-13-12-25-11-10-16-8-9-17(21(26)23-28)14-20(16)22(25)27/h5-11,14-15,28H,3-4,12-13H2,1-2H3,(H,23,26). The fourth-order valence-electron chi connectivity index (χ4n) is 3.28. The molecule has 0 fully saturated rings. The molecule has 2 aromatic carbocycles. The summed E-state index contributed by atoms with van der Waals surface area (Å²) in [6.45, 7) is 6.77. The molecule has 29 heavy (non-hydrogen) atoms. The summed E-state index contributed by atoms with van der Waals surface area (Å²) in [5, 5.41) is 9.94. The van der Waals surface area contributed by atoms with Crippen molar-refractivity contribution in [1.82, 2.24) is 10.0 Å². The second-order valence-corrected chi connectivity index (χ2v) is 6.58. The molecule has 0 saturated carbocycles. The van der Waals surface area contributed by atoms with Gasteiger partial charge in [0.15, 0.2) is 0 Å². The summed E-state index contributed by atoms with van der Waals surface area (Å²) in [5.74, 6) is 0.100. The number of hydrogen-bond donors (Lipinski definition) is 2. The molecule has 1 aromatic heterocycles. The number of carbonyl (C=O) groups is 1. The Bertz CT molecular complexity index is 1060. The summed E-state index contributed by atoms with van der Waals surface area (Å²) < 4.78 is 7.41. The first-order chi connectivity index (χ1) is 14.1. The highest BCUT2D eigenvalue weighted by molar-refractivity contribution is 5.97. The highest BCUT2D eigenvalue weighted by Crippen LogP contribution is 2.21. The third kappa shape index (κ3) is 4.57. The van der Waals surface area contributed by atoms with Gasteiger partial charge in [0.2, 0.25) is 0 Å². The first-order valence-corrected chi connectivity index (χ1v) is 9.62. The summed E-state index contributed by atoms with van der Waals surface area (Å²) in [6, 6.07) is 14.4. The molecule has 0 bridgehead atoms. The van der Waals surface area contributed by atoms with Crippen LogP contribution in [0.2, 0.25) is 0 Å². The van der Waals surface area contributed by atoms with Crippen molar-refractivity contribution in [1.29, 1.82) is 0 Å². The Morgan fingerprint density at radius 3 is 2.66 bits per heavy atom. The normalized spacial score (nSPS) is 10.7. The van der Waals surface area contributed by atoms with E-state index in [2.05, 4.69) is 18.7 Å². The number of aromatic nitrogens is 1. The highest BCUT2D eigenvalue weighted by Gasteiger charge is 2.09. The summed E-state index contributed by atoms with van der Waals surface area (Å²) in [6.07, 6.45) is 1.71. The van der Waals surface area contributed by atoms with E-state index in [0.29, 0.717) is 18.5 Å².